The molecule has 0 unspecified atom stereocenters. The molecule has 2 nitrogen and oxygen atoms in total. The maximum atomic E-state index is 11.4. The van der Waals surface area contributed by atoms with E-state index in [2.05, 4.69) is 0 Å². The minimum Gasteiger partial charge on any atom is -0.506 e. The van der Waals surface area contributed by atoms with Gasteiger partial charge in [-0.2, -0.15) is 0 Å². The first-order valence-electron chi connectivity index (χ1n) is 3.91. The summed E-state index contributed by atoms with van der Waals surface area (Å²) in [4.78, 5) is 12.4. The first kappa shape index (κ1) is 8.26. The largest absolute Gasteiger partial charge is 0.506 e. The van der Waals surface area contributed by atoms with Gasteiger partial charge in [0.1, 0.15) is 5.75 Å². The molecule has 2 rings (SSSR count). The van der Waals surface area contributed by atoms with Crippen molar-refractivity contribution in [1.82, 2.24) is 0 Å². The fraction of sp³-hybridized carbons (Fsp3) is 0.100. The number of hydrogen-bond acceptors (Lipinski definition) is 3. The van der Waals surface area contributed by atoms with Crippen LogP contribution in [-0.4, -0.2) is 5.11 Å². The fourth-order valence-electron chi connectivity index (χ4n) is 1.28. The highest BCUT2D eigenvalue weighted by atomic mass is 32.1. The van der Waals surface area contributed by atoms with Gasteiger partial charge in [-0.3, -0.25) is 4.79 Å². The highest BCUT2D eigenvalue weighted by molar-refractivity contribution is 7.18. The van der Waals surface area contributed by atoms with Crippen molar-refractivity contribution in [3.05, 3.63) is 39.4 Å². The Bertz CT molecular complexity index is 514. The Morgan fingerprint density at radius 1 is 1.38 bits per heavy atom. The van der Waals surface area contributed by atoms with E-state index in [9.17, 15) is 9.90 Å². The van der Waals surface area contributed by atoms with Gasteiger partial charge in [0, 0.05) is 10.3 Å². The van der Waals surface area contributed by atoms with E-state index in [1.54, 1.807) is 24.3 Å². The Morgan fingerprint density at radius 3 is 2.92 bits per heavy atom. The number of hydrogen-bond donors (Lipinski definition) is 1. The predicted octanol–water partition coefficient (Wildman–Crippen LogP) is 2.28. The van der Waals surface area contributed by atoms with E-state index in [0.717, 1.165) is 4.88 Å². The zero-order valence-corrected chi connectivity index (χ0v) is 7.89. The van der Waals surface area contributed by atoms with Crippen molar-refractivity contribution < 1.29 is 5.11 Å². The van der Waals surface area contributed by atoms with E-state index in [-0.39, 0.29) is 11.2 Å². The summed E-state index contributed by atoms with van der Waals surface area (Å²) < 4.78 is 0.674. The minimum atomic E-state index is -0.0258. The molecule has 0 aliphatic heterocycles. The van der Waals surface area contributed by atoms with Crippen molar-refractivity contribution in [2.24, 2.45) is 0 Å². The summed E-state index contributed by atoms with van der Waals surface area (Å²) in [6.45, 7) is 1.86. The number of rotatable bonds is 0. The van der Waals surface area contributed by atoms with Crippen LogP contribution in [0, 0.1) is 6.92 Å². The van der Waals surface area contributed by atoms with Crippen LogP contribution in [0.5, 0.6) is 5.75 Å². The molecule has 1 aromatic carbocycles. The molecule has 1 heterocycles. The molecule has 1 N–H and O–H groups in total. The average molecular weight is 192 g/mol. The molecule has 0 bridgehead atoms. The SMILES string of the molecule is Cc1cc(=O)c2cccc(O)c2s1. The average Bonchev–Trinajstić information content (AvgIpc) is 2.07. The molecule has 13 heavy (non-hydrogen) atoms. The molecule has 1 aromatic heterocycles. The van der Waals surface area contributed by atoms with E-state index in [1.165, 1.54) is 11.3 Å². The molecule has 0 spiro atoms. The van der Waals surface area contributed by atoms with Crippen LogP contribution in [0.1, 0.15) is 4.88 Å². The molecule has 0 aliphatic rings. The number of benzene rings is 1. The number of phenols is 1. The van der Waals surface area contributed by atoms with Crippen LogP contribution >= 0.6 is 11.3 Å². The van der Waals surface area contributed by atoms with Crippen LogP contribution in [0.15, 0.2) is 29.1 Å². The second-order valence-electron chi connectivity index (χ2n) is 2.88. The molecule has 0 radical (unpaired) electrons. The molecule has 0 saturated heterocycles. The molecule has 0 atom stereocenters. The van der Waals surface area contributed by atoms with E-state index in [4.69, 9.17) is 0 Å². The highest BCUT2D eigenvalue weighted by Crippen LogP contribution is 2.27. The molecule has 0 fully saturated rings. The second kappa shape index (κ2) is 2.85. The Balaban J connectivity index is 3.03. The number of aromatic hydroxyl groups is 1. The normalized spacial score (nSPS) is 10.5. The summed E-state index contributed by atoms with van der Waals surface area (Å²) in [6.07, 6.45) is 0. The Kier molecular flexibility index (Phi) is 1.81. The maximum Gasteiger partial charge on any atom is 0.188 e. The Morgan fingerprint density at radius 2 is 2.15 bits per heavy atom. The van der Waals surface area contributed by atoms with Crippen molar-refractivity contribution in [3.63, 3.8) is 0 Å². The summed E-state index contributed by atoms with van der Waals surface area (Å²) in [6, 6.07) is 6.60. The summed E-state index contributed by atoms with van der Waals surface area (Å²) >= 11 is 1.43. The van der Waals surface area contributed by atoms with E-state index in [0.29, 0.717) is 10.1 Å². The maximum absolute atomic E-state index is 11.4. The summed E-state index contributed by atoms with van der Waals surface area (Å²) in [7, 11) is 0. The highest BCUT2D eigenvalue weighted by Gasteiger charge is 2.03. The van der Waals surface area contributed by atoms with Gasteiger partial charge < -0.3 is 5.11 Å². The molecule has 66 valence electrons. The van der Waals surface area contributed by atoms with Gasteiger partial charge in [0.2, 0.25) is 0 Å². The number of phenolic OH excluding ortho intramolecular Hbond substituents is 1. The number of aryl methyl sites for hydroxylation is 1. The molecule has 0 saturated carbocycles. The molecule has 3 heteroatoms. The first-order chi connectivity index (χ1) is 6.18. The third kappa shape index (κ3) is 1.31. The van der Waals surface area contributed by atoms with Gasteiger partial charge in [0.25, 0.3) is 0 Å². The van der Waals surface area contributed by atoms with Crippen molar-refractivity contribution in [3.8, 4) is 5.75 Å². The second-order valence-corrected chi connectivity index (χ2v) is 4.13. The lowest BCUT2D eigenvalue weighted by Crippen LogP contribution is -1.98. The van der Waals surface area contributed by atoms with Crippen LogP contribution in [0.25, 0.3) is 10.1 Å². The van der Waals surface area contributed by atoms with E-state index < -0.39 is 0 Å². The lowest BCUT2D eigenvalue weighted by atomic mass is 10.2. The quantitative estimate of drug-likeness (QED) is 0.695. The van der Waals surface area contributed by atoms with Crippen molar-refractivity contribution in [1.29, 1.82) is 0 Å². The third-order valence-electron chi connectivity index (χ3n) is 1.86. The van der Waals surface area contributed by atoms with Gasteiger partial charge in [-0.1, -0.05) is 6.07 Å². The summed E-state index contributed by atoms with van der Waals surface area (Å²) in [5, 5.41) is 10.1. The zero-order chi connectivity index (χ0) is 9.42. The minimum absolute atomic E-state index is 0.0258. The zero-order valence-electron chi connectivity index (χ0n) is 7.07. The van der Waals surface area contributed by atoms with Gasteiger partial charge in [-0.15, -0.1) is 11.3 Å². The van der Waals surface area contributed by atoms with E-state index in [1.807, 2.05) is 6.92 Å². The van der Waals surface area contributed by atoms with Crippen LogP contribution in [0.2, 0.25) is 0 Å². The van der Waals surface area contributed by atoms with Gasteiger partial charge >= 0.3 is 0 Å². The molecule has 2 aromatic rings. The Labute approximate surface area is 79.1 Å². The summed E-state index contributed by atoms with van der Waals surface area (Å²) in [5.74, 6) is 0.184. The standard InChI is InChI=1S/C10H8O2S/c1-6-5-9(12)7-3-2-4-8(11)10(7)13-6/h2-5,11H,1H3. The predicted molar refractivity (Wildman–Crippen MR) is 54.5 cm³/mol. The molecule has 0 amide bonds. The van der Waals surface area contributed by atoms with Crippen molar-refractivity contribution >= 4 is 21.4 Å². The van der Waals surface area contributed by atoms with Crippen molar-refractivity contribution in [2.45, 2.75) is 6.92 Å². The van der Waals surface area contributed by atoms with Crippen molar-refractivity contribution in [2.75, 3.05) is 0 Å². The van der Waals surface area contributed by atoms with Gasteiger partial charge in [0.05, 0.1) is 4.70 Å². The van der Waals surface area contributed by atoms with Gasteiger partial charge in [-0.25, -0.2) is 0 Å². The van der Waals surface area contributed by atoms with Crippen LogP contribution < -0.4 is 5.43 Å². The lowest BCUT2D eigenvalue weighted by molar-refractivity contribution is 0.482. The smallest absolute Gasteiger partial charge is 0.188 e. The Hall–Kier alpha value is -1.35. The van der Waals surface area contributed by atoms with E-state index >= 15 is 0 Å². The van der Waals surface area contributed by atoms with Crippen LogP contribution in [0.3, 0.4) is 0 Å². The van der Waals surface area contributed by atoms with Crippen LogP contribution in [-0.2, 0) is 0 Å². The third-order valence-corrected chi connectivity index (χ3v) is 2.93. The van der Waals surface area contributed by atoms with Gasteiger partial charge in [-0.05, 0) is 25.1 Å². The number of fused-ring (bicyclic) bond motifs is 1. The molecule has 0 aliphatic carbocycles. The van der Waals surface area contributed by atoms with Crippen LogP contribution in [0.4, 0.5) is 0 Å². The lowest BCUT2D eigenvalue weighted by Gasteiger charge is -1.99. The summed E-state index contributed by atoms with van der Waals surface area (Å²) in [5.41, 5.74) is -0.0258. The van der Waals surface area contributed by atoms with Gasteiger partial charge in [0.15, 0.2) is 5.43 Å². The molecular weight excluding hydrogens is 184 g/mol. The topological polar surface area (TPSA) is 37.3 Å². The molecular formula is C10H8O2S. The fourth-order valence-corrected chi connectivity index (χ4v) is 2.22. The monoisotopic (exact) mass is 192 g/mol. The first-order valence-corrected chi connectivity index (χ1v) is 4.72.